The van der Waals surface area contributed by atoms with E-state index in [-0.39, 0.29) is 4.90 Å². The molecule has 2 aromatic carbocycles. The Hall–Kier alpha value is -3.37. The Morgan fingerprint density at radius 2 is 1.76 bits per heavy atom. The third-order valence-electron chi connectivity index (χ3n) is 6.26. The molecular formula is C23H26N6O3S. The quantitative estimate of drug-likeness (QED) is 0.570. The summed E-state index contributed by atoms with van der Waals surface area (Å²) < 4.78 is 28.9. The normalized spacial score (nSPS) is 20.1. The summed E-state index contributed by atoms with van der Waals surface area (Å²) >= 11 is 0. The molecule has 2 bridgehead atoms. The van der Waals surface area contributed by atoms with E-state index in [2.05, 4.69) is 44.4 Å². The fraction of sp³-hybridized carbons (Fsp3) is 0.304. The Kier molecular flexibility index (Phi) is 5.55. The number of piperidine rings is 2. The molecular weight excluding hydrogens is 440 g/mol. The van der Waals surface area contributed by atoms with Gasteiger partial charge in [-0.25, -0.2) is 18.5 Å². The Balaban J connectivity index is 1.41. The number of hydrogen-bond acceptors (Lipinski definition) is 8. The Morgan fingerprint density at radius 1 is 1.03 bits per heavy atom. The number of nitrogens with zero attached hydrogens (tertiary/aromatic N) is 4. The minimum atomic E-state index is -3.80. The molecule has 172 valence electrons. The fourth-order valence-corrected chi connectivity index (χ4v) is 5.23. The summed E-state index contributed by atoms with van der Waals surface area (Å²) in [6.45, 7) is 1.76. The molecule has 0 spiro atoms. The van der Waals surface area contributed by atoms with Crippen LogP contribution < -0.4 is 25.0 Å². The van der Waals surface area contributed by atoms with E-state index < -0.39 is 10.0 Å². The summed E-state index contributed by atoms with van der Waals surface area (Å²) in [7, 11) is -2.19. The number of methoxy groups -OCH3 is 1. The lowest BCUT2D eigenvalue weighted by molar-refractivity contribution is 0.326. The van der Waals surface area contributed by atoms with Crippen LogP contribution in [0.4, 0.5) is 23.1 Å². The highest BCUT2D eigenvalue weighted by molar-refractivity contribution is 7.89. The zero-order chi connectivity index (χ0) is 23.0. The molecule has 3 fully saturated rings. The fourth-order valence-electron chi connectivity index (χ4n) is 4.68. The van der Waals surface area contributed by atoms with Gasteiger partial charge >= 0.3 is 0 Å². The number of rotatable bonds is 6. The first-order valence-corrected chi connectivity index (χ1v) is 12.4. The zero-order valence-electron chi connectivity index (χ0n) is 18.3. The maximum absolute atomic E-state index is 11.7. The van der Waals surface area contributed by atoms with Gasteiger partial charge in [-0.15, -0.1) is 0 Å². The minimum absolute atomic E-state index is 0.0237. The van der Waals surface area contributed by atoms with E-state index in [1.807, 2.05) is 6.07 Å². The van der Waals surface area contributed by atoms with Gasteiger partial charge in [0.2, 0.25) is 16.0 Å². The molecule has 0 radical (unpaired) electrons. The van der Waals surface area contributed by atoms with Gasteiger partial charge in [0, 0.05) is 36.5 Å². The van der Waals surface area contributed by atoms with Crippen molar-refractivity contribution in [3.8, 4) is 5.75 Å². The summed E-state index contributed by atoms with van der Waals surface area (Å²) in [4.78, 5) is 13.9. The highest BCUT2D eigenvalue weighted by Gasteiger charge is 2.40. The number of fused-ring (bicyclic) bond motifs is 3. The first-order chi connectivity index (χ1) is 15.9. The van der Waals surface area contributed by atoms with E-state index in [1.165, 1.54) is 17.8 Å². The second-order valence-electron chi connectivity index (χ2n) is 8.31. The van der Waals surface area contributed by atoms with E-state index in [4.69, 9.17) is 14.9 Å². The number of piperazine rings is 1. The standard InChI is InChI=1S/C23H26N6O3S/c1-32-21-13-25-23(26-16-6-5-9-20(12-16)33(24,30)31)27-22(21)29-15-18-10-11-19(29)14-28(18)17-7-3-2-4-8-17/h2-9,12-13,18-19H,10-11,14-15H2,1H3,(H2,24,30,31)(H,25,26,27)/t18-,19-/m0/s1. The molecule has 4 heterocycles. The summed E-state index contributed by atoms with van der Waals surface area (Å²) in [5, 5.41) is 8.34. The largest absolute Gasteiger partial charge is 0.491 e. The molecule has 3 N–H and O–H groups in total. The third-order valence-corrected chi connectivity index (χ3v) is 7.18. The molecule has 2 atom stereocenters. The van der Waals surface area contributed by atoms with Crippen LogP contribution in [0.15, 0.2) is 65.7 Å². The molecule has 3 saturated heterocycles. The van der Waals surface area contributed by atoms with Crippen molar-refractivity contribution in [1.29, 1.82) is 0 Å². The van der Waals surface area contributed by atoms with Crippen molar-refractivity contribution < 1.29 is 13.2 Å². The molecule has 9 nitrogen and oxygen atoms in total. The molecule has 0 aliphatic carbocycles. The predicted molar refractivity (Wildman–Crippen MR) is 128 cm³/mol. The van der Waals surface area contributed by atoms with Gasteiger partial charge in [0.05, 0.1) is 18.2 Å². The topological polar surface area (TPSA) is 114 Å². The van der Waals surface area contributed by atoms with Gasteiger partial charge in [-0.3, -0.25) is 0 Å². The molecule has 6 rings (SSSR count). The van der Waals surface area contributed by atoms with E-state index in [1.54, 1.807) is 25.4 Å². The van der Waals surface area contributed by atoms with Gasteiger partial charge in [-0.05, 0) is 43.2 Å². The SMILES string of the molecule is COc1cnc(Nc2cccc(S(N)(=O)=O)c2)nc1N1C[C@@H]2CC[C@H]1CN2c1ccccc1. The van der Waals surface area contributed by atoms with Gasteiger partial charge < -0.3 is 19.9 Å². The number of hydrogen-bond donors (Lipinski definition) is 2. The summed E-state index contributed by atoms with van der Waals surface area (Å²) in [5.74, 6) is 1.70. The number of nitrogens with two attached hydrogens (primary N) is 1. The van der Waals surface area contributed by atoms with Crippen LogP contribution in [0.5, 0.6) is 5.75 Å². The summed E-state index contributed by atoms with van der Waals surface area (Å²) in [5.41, 5.74) is 1.78. The maximum atomic E-state index is 11.7. The number of anilines is 4. The van der Waals surface area contributed by atoms with E-state index in [0.29, 0.717) is 29.5 Å². The second kappa shape index (κ2) is 8.53. The summed E-state index contributed by atoms with van der Waals surface area (Å²) in [6, 6.07) is 17.5. The van der Waals surface area contributed by atoms with Crippen LogP contribution in [0.3, 0.4) is 0 Å². The average Bonchev–Trinajstić information content (AvgIpc) is 2.84. The average molecular weight is 467 g/mol. The van der Waals surface area contributed by atoms with E-state index in [9.17, 15) is 8.42 Å². The van der Waals surface area contributed by atoms with E-state index >= 15 is 0 Å². The molecule has 3 aliphatic rings. The van der Waals surface area contributed by atoms with Crippen LogP contribution in [-0.4, -0.2) is 50.7 Å². The summed E-state index contributed by atoms with van der Waals surface area (Å²) in [6.07, 6.45) is 3.86. The number of para-hydroxylation sites is 1. The lowest BCUT2D eigenvalue weighted by Gasteiger charge is -2.53. The van der Waals surface area contributed by atoms with Gasteiger partial charge in [0.25, 0.3) is 0 Å². The van der Waals surface area contributed by atoms with Crippen LogP contribution in [0.25, 0.3) is 0 Å². The molecule has 3 aliphatic heterocycles. The van der Waals surface area contributed by atoms with Crippen LogP contribution >= 0.6 is 0 Å². The number of nitrogens with one attached hydrogen (secondary N) is 1. The molecule has 3 aromatic rings. The Labute approximate surface area is 193 Å². The third kappa shape index (κ3) is 4.31. The van der Waals surface area contributed by atoms with Gasteiger partial charge in [-0.1, -0.05) is 24.3 Å². The molecule has 0 amide bonds. The van der Waals surface area contributed by atoms with Crippen LogP contribution in [0.1, 0.15) is 12.8 Å². The second-order valence-corrected chi connectivity index (χ2v) is 9.87. The molecule has 0 saturated carbocycles. The van der Waals surface area contributed by atoms with Gasteiger partial charge in [-0.2, -0.15) is 4.98 Å². The van der Waals surface area contributed by atoms with Crippen molar-refractivity contribution in [2.75, 3.05) is 35.3 Å². The number of ether oxygens (including phenoxy) is 1. The number of aromatic nitrogens is 2. The number of primary sulfonamides is 1. The number of benzene rings is 2. The van der Waals surface area contributed by atoms with Crippen LogP contribution in [0.2, 0.25) is 0 Å². The maximum Gasteiger partial charge on any atom is 0.238 e. The van der Waals surface area contributed by atoms with Crippen molar-refractivity contribution >= 4 is 33.2 Å². The van der Waals surface area contributed by atoms with Crippen molar-refractivity contribution in [2.24, 2.45) is 5.14 Å². The predicted octanol–water partition coefficient (Wildman–Crippen LogP) is 2.73. The minimum Gasteiger partial charge on any atom is -0.491 e. The van der Waals surface area contributed by atoms with Gasteiger partial charge in [0.1, 0.15) is 0 Å². The lowest BCUT2D eigenvalue weighted by Crippen LogP contribution is -2.63. The Bertz CT molecular complexity index is 1250. The first-order valence-electron chi connectivity index (χ1n) is 10.8. The van der Waals surface area contributed by atoms with Crippen molar-refractivity contribution in [1.82, 2.24) is 9.97 Å². The molecule has 10 heteroatoms. The Morgan fingerprint density at radius 3 is 2.42 bits per heavy atom. The highest BCUT2D eigenvalue weighted by atomic mass is 32.2. The number of sulfonamides is 1. The van der Waals surface area contributed by atoms with Crippen molar-refractivity contribution in [3.63, 3.8) is 0 Å². The van der Waals surface area contributed by atoms with Gasteiger partial charge in [0.15, 0.2) is 11.6 Å². The first kappa shape index (κ1) is 21.5. The monoisotopic (exact) mass is 466 g/mol. The van der Waals surface area contributed by atoms with Crippen molar-refractivity contribution in [3.05, 3.63) is 60.8 Å². The van der Waals surface area contributed by atoms with Crippen LogP contribution in [0, 0.1) is 0 Å². The smallest absolute Gasteiger partial charge is 0.238 e. The van der Waals surface area contributed by atoms with E-state index in [0.717, 1.165) is 31.7 Å². The zero-order valence-corrected chi connectivity index (χ0v) is 19.1. The highest BCUT2D eigenvalue weighted by Crippen LogP contribution is 2.38. The van der Waals surface area contributed by atoms with Crippen LogP contribution in [-0.2, 0) is 10.0 Å². The molecule has 33 heavy (non-hydrogen) atoms. The van der Waals surface area contributed by atoms with Crippen molar-refractivity contribution in [2.45, 2.75) is 29.8 Å². The molecule has 1 aromatic heterocycles. The lowest BCUT2D eigenvalue weighted by atomic mass is 9.90. The molecule has 0 unspecified atom stereocenters.